The van der Waals surface area contributed by atoms with Crippen LogP contribution >= 0.6 is 11.3 Å². The molecule has 3 nitrogen and oxygen atoms in total. The predicted molar refractivity (Wildman–Crippen MR) is 71.0 cm³/mol. The Labute approximate surface area is 103 Å². The van der Waals surface area contributed by atoms with Crippen LogP contribution in [0.1, 0.15) is 36.3 Å². The van der Waals surface area contributed by atoms with E-state index in [1.807, 2.05) is 0 Å². The zero-order valence-electron chi connectivity index (χ0n) is 11.0. The Balaban J connectivity index is 2.86. The molecule has 1 heterocycles. The fraction of sp³-hybridized carbons (Fsp3) is 0.750. The topological polar surface area (TPSA) is 42.2 Å². The van der Waals surface area contributed by atoms with Crippen molar-refractivity contribution in [3.8, 4) is 0 Å². The van der Waals surface area contributed by atoms with Crippen LogP contribution in [0, 0.1) is 0 Å². The van der Waals surface area contributed by atoms with Gasteiger partial charge in [0.1, 0.15) is 0 Å². The van der Waals surface area contributed by atoms with Crippen molar-refractivity contribution in [3.63, 3.8) is 0 Å². The zero-order chi connectivity index (χ0) is 12.3. The third-order valence-corrected chi connectivity index (χ3v) is 3.93. The Bertz CT molecular complexity index is 337. The van der Waals surface area contributed by atoms with Gasteiger partial charge in [-0.2, -0.15) is 0 Å². The van der Waals surface area contributed by atoms with E-state index in [9.17, 15) is 0 Å². The summed E-state index contributed by atoms with van der Waals surface area (Å²) < 4.78 is 0. The Morgan fingerprint density at radius 2 is 2.00 bits per heavy atom. The van der Waals surface area contributed by atoms with Crippen molar-refractivity contribution < 1.29 is 0 Å². The molecule has 0 aliphatic heterocycles. The van der Waals surface area contributed by atoms with E-state index in [2.05, 4.69) is 44.8 Å². The van der Waals surface area contributed by atoms with Gasteiger partial charge in [0.15, 0.2) is 0 Å². The average Bonchev–Trinajstić information content (AvgIpc) is 2.57. The van der Waals surface area contributed by atoms with Gasteiger partial charge in [-0.1, -0.05) is 6.92 Å². The molecule has 0 unspecified atom stereocenters. The molecule has 0 aliphatic carbocycles. The average molecular weight is 241 g/mol. The van der Waals surface area contributed by atoms with Crippen LogP contribution in [0.25, 0.3) is 0 Å². The Kier molecular flexibility index (Phi) is 4.47. The molecule has 16 heavy (non-hydrogen) atoms. The maximum atomic E-state index is 6.16. The standard InChI is InChI=1S/C12H23N3S/c1-6-9-11(12(2,3)13)16-10(14-9)7-8-15(4)5/h6-8,13H2,1-5H3. The third-order valence-electron chi connectivity index (χ3n) is 2.43. The highest BCUT2D eigenvalue weighted by molar-refractivity contribution is 7.11. The minimum atomic E-state index is -0.265. The first-order chi connectivity index (χ1) is 7.34. The van der Waals surface area contributed by atoms with E-state index >= 15 is 0 Å². The van der Waals surface area contributed by atoms with E-state index in [4.69, 9.17) is 5.73 Å². The van der Waals surface area contributed by atoms with Crippen molar-refractivity contribution in [2.75, 3.05) is 20.6 Å². The second kappa shape index (κ2) is 5.25. The SMILES string of the molecule is CCc1nc(CCN(C)C)sc1C(C)(C)N. The second-order valence-electron chi connectivity index (χ2n) is 5.01. The van der Waals surface area contributed by atoms with Crippen molar-refractivity contribution in [1.82, 2.24) is 9.88 Å². The summed E-state index contributed by atoms with van der Waals surface area (Å²) >= 11 is 1.77. The molecule has 0 amide bonds. The minimum Gasteiger partial charge on any atom is -0.321 e. The molecule has 0 atom stereocenters. The van der Waals surface area contributed by atoms with Crippen LogP contribution in [-0.4, -0.2) is 30.5 Å². The quantitative estimate of drug-likeness (QED) is 0.857. The number of hydrogen-bond acceptors (Lipinski definition) is 4. The van der Waals surface area contributed by atoms with Crippen LogP contribution in [0.4, 0.5) is 0 Å². The predicted octanol–water partition coefficient (Wildman–Crippen LogP) is 2.00. The van der Waals surface area contributed by atoms with Crippen molar-refractivity contribution in [2.45, 2.75) is 39.2 Å². The Hall–Kier alpha value is -0.450. The van der Waals surface area contributed by atoms with Crippen LogP contribution in [0.2, 0.25) is 0 Å². The number of aryl methyl sites for hydroxylation is 1. The van der Waals surface area contributed by atoms with Gasteiger partial charge in [0.25, 0.3) is 0 Å². The summed E-state index contributed by atoms with van der Waals surface area (Å²) in [4.78, 5) is 8.10. The van der Waals surface area contributed by atoms with E-state index < -0.39 is 0 Å². The molecule has 4 heteroatoms. The summed E-state index contributed by atoms with van der Waals surface area (Å²) in [5.74, 6) is 0. The van der Waals surface area contributed by atoms with Crippen molar-refractivity contribution >= 4 is 11.3 Å². The summed E-state index contributed by atoms with van der Waals surface area (Å²) in [7, 11) is 4.17. The van der Waals surface area contributed by atoms with Gasteiger partial charge < -0.3 is 10.6 Å². The van der Waals surface area contributed by atoms with Gasteiger partial charge in [-0.25, -0.2) is 4.98 Å². The summed E-state index contributed by atoms with van der Waals surface area (Å²) in [6, 6.07) is 0. The smallest absolute Gasteiger partial charge is 0.0944 e. The Morgan fingerprint density at radius 1 is 1.38 bits per heavy atom. The molecule has 0 saturated carbocycles. The molecule has 0 radical (unpaired) electrons. The van der Waals surface area contributed by atoms with Crippen LogP contribution < -0.4 is 5.73 Å². The van der Waals surface area contributed by atoms with Crippen LogP contribution in [-0.2, 0) is 18.4 Å². The maximum absolute atomic E-state index is 6.16. The van der Waals surface area contributed by atoms with Crippen molar-refractivity contribution in [2.24, 2.45) is 5.73 Å². The largest absolute Gasteiger partial charge is 0.321 e. The molecule has 0 aliphatic rings. The molecule has 1 aromatic heterocycles. The number of nitrogens with zero attached hydrogens (tertiary/aromatic N) is 2. The van der Waals surface area contributed by atoms with Gasteiger partial charge in [0, 0.05) is 23.4 Å². The molecule has 1 aromatic rings. The monoisotopic (exact) mass is 241 g/mol. The number of hydrogen-bond donors (Lipinski definition) is 1. The van der Waals surface area contributed by atoms with Gasteiger partial charge in [-0.05, 0) is 34.4 Å². The lowest BCUT2D eigenvalue weighted by Crippen LogP contribution is -2.28. The van der Waals surface area contributed by atoms with E-state index in [0.717, 1.165) is 19.4 Å². The van der Waals surface area contributed by atoms with E-state index in [0.29, 0.717) is 0 Å². The van der Waals surface area contributed by atoms with Crippen molar-refractivity contribution in [1.29, 1.82) is 0 Å². The number of aromatic nitrogens is 1. The van der Waals surface area contributed by atoms with E-state index in [1.165, 1.54) is 15.6 Å². The molecule has 92 valence electrons. The van der Waals surface area contributed by atoms with E-state index in [1.54, 1.807) is 11.3 Å². The fourth-order valence-electron chi connectivity index (χ4n) is 1.57. The van der Waals surface area contributed by atoms with Crippen LogP contribution in [0.5, 0.6) is 0 Å². The highest BCUT2D eigenvalue weighted by Crippen LogP contribution is 2.28. The molecule has 0 bridgehead atoms. The number of nitrogens with two attached hydrogens (primary N) is 1. The third kappa shape index (κ3) is 3.54. The lowest BCUT2D eigenvalue weighted by atomic mass is 10.0. The van der Waals surface area contributed by atoms with E-state index in [-0.39, 0.29) is 5.54 Å². The molecule has 1 rings (SSSR count). The summed E-state index contributed by atoms with van der Waals surface area (Å²) in [5.41, 5.74) is 7.07. The molecule has 0 aromatic carbocycles. The van der Waals surface area contributed by atoms with Gasteiger partial charge in [-0.15, -0.1) is 11.3 Å². The Morgan fingerprint density at radius 3 is 2.38 bits per heavy atom. The zero-order valence-corrected chi connectivity index (χ0v) is 11.8. The molecule has 0 spiro atoms. The highest BCUT2D eigenvalue weighted by Gasteiger charge is 2.22. The highest BCUT2D eigenvalue weighted by atomic mass is 32.1. The number of thiazole rings is 1. The van der Waals surface area contributed by atoms with Crippen molar-refractivity contribution in [3.05, 3.63) is 15.6 Å². The fourth-order valence-corrected chi connectivity index (χ4v) is 2.73. The van der Waals surface area contributed by atoms with Gasteiger partial charge in [0.05, 0.1) is 10.7 Å². The number of likely N-dealkylation sites (N-methyl/N-ethyl adjacent to an activating group) is 1. The summed E-state index contributed by atoms with van der Waals surface area (Å²) in [6.07, 6.45) is 1.98. The van der Waals surface area contributed by atoms with Crippen LogP contribution in [0.3, 0.4) is 0 Å². The molecule has 0 fully saturated rings. The van der Waals surface area contributed by atoms with Crippen LogP contribution in [0.15, 0.2) is 0 Å². The number of rotatable bonds is 5. The molecule has 2 N–H and O–H groups in total. The molecule has 0 saturated heterocycles. The first-order valence-electron chi connectivity index (χ1n) is 5.77. The summed E-state index contributed by atoms with van der Waals surface area (Å²) in [6.45, 7) is 7.28. The molecular weight excluding hydrogens is 218 g/mol. The second-order valence-corrected chi connectivity index (χ2v) is 6.10. The van der Waals surface area contributed by atoms with Gasteiger partial charge in [0.2, 0.25) is 0 Å². The maximum Gasteiger partial charge on any atom is 0.0944 e. The summed E-state index contributed by atoms with van der Waals surface area (Å²) in [5, 5.41) is 1.21. The lowest BCUT2D eigenvalue weighted by molar-refractivity contribution is 0.413. The molecular formula is C12H23N3S. The normalized spacial score (nSPS) is 12.4. The van der Waals surface area contributed by atoms with Gasteiger partial charge in [-0.3, -0.25) is 0 Å². The first-order valence-corrected chi connectivity index (χ1v) is 6.59. The minimum absolute atomic E-state index is 0.265. The van der Waals surface area contributed by atoms with Gasteiger partial charge >= 0.3 is 0 Å². The first kappa shape index (κ1) is 13.6. The lowest BCUT2D eigenvalue weighted by Gasteiger charge is -2.17.